The molecule has 68 valence electrons. The summed E-state index contributed by atoms with van der Waals surface area (Å²) in [6.45, 7) is 0. The predicted octanol–water partition coefficient (Wildman–Crippen LogP) is 2.00. The van der Waals surface area contributed by atoms with Crippen LogP contribution in [-0.4, -0.2) is 21.4 Å². The van der Waals surface area contributed by atoms with E-state index in [1.54, 1.807) is 0 Å². The number of hydrogen-bond donors (Lipinski definition) is 0. The molecule has 0 aliphatic heterocycles. The molecular weight excluding hydrogens is 158 g/mol. The van der Waals surface area contributed by atoms with Crippen LogP contribution in [0.15, 0.2) is 0 Å². The fourth-order valence-corrected chi connectivity index (χ4v) is 2.00. The quantitative estimate of drug-likeness (QED) is 0.555. The van der Waals surface area contributed by atoms with E-state index in [-0.39, 0.29) is 11.6 Å². The molecule has 0 saturated heterocycles. The molecule has 0 N–H and O–H groups in total. The maximum absolute atomic E-state index is 11.0. The zero-order chi connectivity index (χ0) is 9.68. The molecule has 0 amide bonds. The summed E-state index contributed by atoms with van der Waals surface area (Å²) in [5.41, 5.74) is -0.129. The average Bonchev–Trinajstić information content (AvgIpc) is 2.16. The Balaban J connectivity index is 2.38. The second-order valence-corrected chi connectivity index (χ2v) is 4.07. The summed E-state index contributed by atoms with van der Waals surface area (Å²) in [5.74, 6) is 0.442. The Kier molecular flexibility index (Phi) is 4.61. The normalized spacial score (nSPS) is 31.4. The van der Waals surface area contributed by atoms with E-state index in [0.29, 0.717) is 5.82 Å². The minimum absolute atomic E-state index is 0.102. The smallest absolute Gasteiger partial charge is 0.168 e. The van der Waals surface area contributed by atoms with Gasteiger partial charge in [0.2, 0.25) is 0 Å². The van der Waals surface area contributed by atoms with E-state index in [1.165, 1.54) is 0 Å². The van der Waals surface area contributed by atoms with Crippen LogP contribution in [0.1, 0.15) is 44.9 Å². The van der Waals surface area contributed by atoms with Gasteiger partial charge in [0.1, 0.15) is 0 Å². The van der Waals surface area contributed by atoms with Crippen molar-refractivity contribution in [3.8, 4) is 0 Å². The lowest BCUT2D eigenvalue weighted by atomic mass is 9.79. The topological polar surface area (TPSA) is 17.1 Å². The third kappa shape index (κ3) is 4.02. The predicted molar refractivity (Wildman–Crippen MR) is 56.1 cm³/mol. The van der Waals surface area contributed by atoms with Crippen molar-refractivity contribution in [2.24, 2.45) is 5.92 Å². The van der Waals surface area contributed by atoms with Crippen LogP contribution in [-0.2, 0) is 4.79 Å². The van der Waals surface area contributed by atoms with Crippen LogP contribution in [0.2, 0.25) is 5.82 Å². The van der Waals surface area contributed by atoms with Crippen molar-refractivity contribution in [3.63, 3.8) is 0 Å². The van der Waals surface area contributed by atoms with Crippen molar-refractivity contribution in [1.82, 2.24) is 0 Å². The minimum atomic E-state index is -0.129. The maximum Gasteiger partial charge on any atom is 0.168 e. The molecule has 1 nitrogen and oxygen atoms in total. The summed E-state index contributed by atoms with van der Waals surface area (Å²) >= 11 is 0. The number of hydrogen-bond acceptors (Lipinski definition) is 1. The molecule has 1 aliphatic carbocycles. The van der Waals surface area contributed by atoms with Gasteiger partial charge in [-0.15, -0.1) is 0 Å². The second kappa shape index (κ2) is 5.51. The van der Waals surface area contributed by atoms with E-state index < -0.39 is 0 Å². The lowest BCUT2D eigenvalue weighted by Gasteiger charge is -2.12. The van der Waals surface area contributed by atoms with Crippen LogP contribution in [0.3, 0.4) is 0 Å². The lowest BCUT2D eigenvalue weighted by Crippen LogP contribution is -2.13. The first-order valence-electron chi connectivity index (χ1n) is 5.25. The second-order valence-electron chi connectivity index (χ2n) is 4.07. The van der Waals surface area contributed by atoms with Gasteiger partial charge in [0.25, 0.3) is 0 Å². The average molecular weight is 174 g/mol. The summed E-state index contributed by atoms with van der Waals surface area (Å²) in [7, 11) is 11.2. The molecule has 0 spiro atoms. The minimum Gasteiger partial charge on any atom is -0.312 e. The fourth-order valence-electron chi connectivity index (χ4n) is 2.00. The summed E-state index contributed by atoms with van der Waals surface area (Å²) in [6.07, 6.45) is 7.33. The van der Waals surface area contributed by atoms with Gasteiger partial charge in [-0.25, -0.2) is 0 Å². The molecule has 3 heteroatoms. The standard InChI is InChI=1S/C10H16B2O/c11-9-6-2-1-4-8(10(12)13)5-3-7-9/h8-9H,1-7H2. The molecule has 1 aliphatic rings. The Morgan fingerprint density at radius 2 is 1.54 bits per heavy atom. The summed E-state index contributed by atoms with van der Waals surface area (Å²) < 4.78 is 0. The molecule has 2 atom stereocenters. The van der Waals surface area contributed by atoms with Gasteiger partial charge in [-0.2, -0.15) is 0 Å². The van der Waals surface area contributed by atoms with Crippen molar-refractivity contribution >= 4 is 21.4 Å². The van der Waals surface area contributed by atoms with Crippen molar-refractivity contribution in [1.29, 1.82) is 0 Å². The van der Waals surface area contributed by atoms with Gasteiger partial charge >= 0.3 is 0 Å². The van der Waals surface area contributed by atoms with Gasteiger partial charge < -0.3 is 4.79 Å². The first-order chi connectivity index (χ1) is 6.20. The molecule has 0 heterocycles. The van der Waals surface area contributed by atoms with Crippen LogP contribution < -0.4 is 0 Å². The summed E-state index contributed by atoms with van der Waals surface area (Å²) in [6, 6.07) is 0. The van der Waals surface area contributed by atoms with Crippen molar-refractivity contribution in [2.45, 2.75) is 50.8 Å². The molecule has 0 aromatic rings. The van der Waals surface area contributed by atoms with Gasteiger partial charge in [0.15, 0.2) is 7.85 Å². The van der Waals surface area contributed by atoms with Gasteiger partial charge in [0, 0.05) is 5.92 Å². The molecule has 1 fully saturated rings. The molecule has 0 aromatic carbocycles. The van der Waals surface area contributed by atoms with Crippen molar-refractivity contribution in [3.05, 3.63) is 0 Å². The van der Waals surface area contributed by atoms with E-state index >= 15 is 0 Å². The maximum atomic E-state index is 11.0. The Labute approximate surface area is 83.5 Å². The van der Waals surface area contributed by atoms with Crippen molar-refractivity contribution < 1.29 is 4.79 Å². The molecule has 0 bridgehead atoms. The van der Waals surface area contributed by atoms with Crippen LogP contribution in [0.5, 0.6) is 0 Å². The van der Waals surface area contributed by atoms with E-state index in [9.17, 15) is 4.79 Å². The summed E-state index contributed by atoms with van der Waals surface area (Å²) in [4.78, 5) is 11.0. The zero-order valence-corrected chi connectivity index (χ0v) is 8.17. The van der Waals surface area contributed by atoms with E-state index in [0.717, 1.165) is 44.9 Å². The van der Waals surface area contributed by atoms with E-state index in [1.807, 2.05) is 0 Å². The zero-order valence-electron chi connectivity index (χ0n) is 8.17. The van der Waals surface area contributed by atoms with Crippen LogP contribution in [0.25, 0.3) is 0 Å². The van der Waals surface area contributed by atoms with Gasteiger partial charge in [-0.05, 0) is 12.8 Å². The van der Waals surface area contributed by atoms with Crippen LogP contribution >= 0.6 is 0 Å². The van der Waals surface area contributed by atoms with Crippen molar-refractivity contribution in [2.75, 3.05) is 0 Å². The fraction of sp³-hybridized carbons (Fsp3) is 0.900. The van der Waals surface area contributed by atoms with E-state index in [4.69, 9.17) is 15.7 Å². The molecule has 1 rings (SSSR count). The molecule has 4 radical (unpaired) electrons. The molecule has 1 saturated carbocycles. The third-order valence-electron chi connectivity index (χ3n) is 2.91. The van der Waals surface area contributed by atoms with Crippen LogP contribution in [0, 0.1) is 5.92 Å². The van der Waals surface area contributed by atoms with Gasteiger partial charge in [0.05, 0.1) is 13.5 Å². The first kappa shape index (κ1) is 10.9. The Bertz CT molecular complexity index is 170. The largest absolute Gasteiger partial charge is 0.312 e. The molecule has 13 heavy (non-hydrogen) atoms. The Morgan fingerprint density at radius 3 is 2.23 bits per heavy atom. The first-order valence-corrected chi connectivity index (χ1v) is 5.25. The Morgan fingerprint density at radius 1 is 1.00 bits per heavy atom. The third-order valence-corrected chi connectivity index (χ3v) is 2.91. The van der Waals surface area contributed by atoms with Crippen LogP contribution in [0.4, 0.5) is 0 Å². The monoisotopic (exact) mass is 174 g/mol. The number of carbonyl (C=O) groups is 1. The van der Waals surface area contributed by atoms with E-state index in [2.05, 4.69) is 0 Å². The SMILES string of the molecule is [B]C(=O)C1CCCCC([B])CCC1. The highest BCUT2D eigenvalue weighted by Crippen LogP contribution is 2.26. The lowest BCUT2D eigenvalue weighted by molar-refractivity contribution is -0.115. The molecule has 0 aromatic heterocycles. The number of carbonyl (C=O) groups excluding carboxylic acids is 1. The molecule has 2 unspecified atom stereocenters. The van der Waals surface area contributed by atoms with Gasteiger partial charge in [-0.3, -0.25) is 0 Å². The van der Waals surface area contributed by atoms with Gasteiger partial charge in [-0.1, -0.05) is 37.9 Å². The number of rotatable bonds is 1. The highest BCUT2D eigenvalue weighted by atomic mass is 16.1. The Hall–Kier alpha value is -0.200. The summed E-state index contributed by atoms with van der Waals surface area (Å²) in [5, 5.41) is 0. The highest BCUT2D eigenvalue weighted by molar-refractivity contribution is 6.58. The molecular formula is C10H16B2O. The highest BCUT2D eigenvalue weighted by Gasteiger charge is 2.15.